The van der Waals surface area contributed by atoms with Crippen LogP contribution in [0, 0.1) is 5.41 Å². The van der Waals surface area contributed by atoms with Crippen LogP contribution >= 0.6 is 0 Å². The molecule has 0 aliphatic carbocycles. The molecular weight excluding hydrogens is 226 g/mol. The highest BCUT2D eigenvalue weighted by atomic mass is 16.5. The highest BCUT2D eigenvalue weighted by molar-refractivity contribution is 4.88. The van der Waals surface area contributed by atoms with E-state index in [0.29, 0.717) is 6.61 Å². The highest BCUT2D eigenvalue weighted by Gasteiger charge is 2.39. The predicted octanol–water partition coefficient (Wildman–Crippen LogP) is 3.36. The van der Waals surface area contributed by atoms with Crippen molar-refractivity contribution in [3.8, 4) is 0 Å². The van der Waals surface area contributed by atoms with Gasteiger partial charge in [-0.05, 0) is 48.0 Å². The minimum absolute atomic E-state index is 0.0435. The molecule has 0 bridgehead atoms. The van der Waals surface area contributed by atoms with Gasteiger partial charge in [-0.3, -0.25) is 0 Å². The third-order valence-corrected chi connectivity index (χ3v) is 3.77. The third kappa shape index (κ3) is 5.68. The summed E-state index contributed by atoms with van der Waals surface area (Å²) in [4.78, 5) is 0. The number of hydrogen-bond acceptors (Lipinski definition) is 3. The maximum absolute atomic E-state index is 6.08. The van der Waals surface area contributed by atoms with Crippen LogP contribution in [0.3, 0.4) is 0 Å². The van der Waals surface area contributed by atoms with Crippen LogP contribution in [0.4, 0.5) is 0 Å². The van der Waals surface area contributed by atoms with E-state index in [4.69, 9.17) is 15.2 Å². The van der Waals surface area contributed by atoms with Gasteiger partial charge >= 0.3 is 0 Å². The van der Waals surface area contributed by atoms with Crippen molar-refractivity contribution < 1.29 is 9.47 Å². The van der Waals surface area contributed by atoms with Crippen LogP contribution in [0.1, 0.15) is 61.8 Å². The fraction of sp³-hybridized carbons (Fsp3) is 1.00. The second kappa shape index (κ2) is 6.36. The van der Waals surface area contributed by atoms with E-state index in [1.807, 2.05) is 13.8 Å². The Kier molecular flexibility index (Phi) is 6.31. The molecule has 3 heteroatoms. The van der Waals surface area contributed by atoms with Gasteiger partial charge in [-0.15, -0.1) is 0 Å². The molecule has 110 valence electrons. The Balaban J connectivity index is 4.51. The zero-order chi connectivity index (χ0) is 14.6. The van der Waals surface area contributed by atoms with Gasteiger partial charge in [0.2, 0.25) is 0 Å². The van der Waals surface area contributed by atoms with Gasteiger partial charge in [0.25, 0.3) is 0 Å². The van der Waals surface area contributed by atoms with Gasteiger partial charge in [0.05, 0.1) is 17.8 Å². The Labute approximate surface area is 113 Å². The number of hydrogen-bond donors (Lipinski definition) is 1. The smallest absolute Gasteiger partial charge is 0.0698 e. The summed E-state index contributed by atoms with van der Waals surface area (Å²) in [6.07, 6.45) is 0.859. The van der Waals surface area contributed by atoms with Crippen molar-refractivity contribution in [3.05, 3.63) is 0 Å². The molecule has 0 amide bonds. The summed E-state index contributed by atoms with van der Waals surface area (Å²) in [7, 11) is 0. The van der Waals surface area contributed by atoms with Gasteiger partial charge < -0.3 is 15.2 Å². The molecule has 0 aliphatic heterocycles. The molecule has 0 heterocycles. The lowest BCUT2D eigenvalue weighted by Gasteiger charge is -2.43. The molecule has 0 radical (unpaired) electrons. The van der Waals surface area contributed by atoms with Crippen molar-refractivity contribution in [2.45, 2.75) is 79.1 Å². The van der Waals surface area contributed by atoms with Crippen molar-refractivity contribution in [1.82, 2.24) is 0 Å². The summed E-state index contributed by atoms with van der Waals surface area (Å²) >= 11 is 0. The maximum atomic E-state index is 6.08. The van der Waals surface area contributed by atoms with Gasteiger partial charge in [0, 0.05) is 18.1 Å². The molecule has 2 N–H and O–H groups in total. The Bertz CT molecular complexity index is 245. The van der Waals surface area contributed by atoms with Gasteiger partial charge in [-0.25, -0.2) is 0 Å². The van der Waals surface area contributed by atoms with Gasteiger partial charge in [0.15, 0.2) is 0 Å². The second-order valence-corrected chi connectivity index (χ2v) is 7.06. The van der Waals surface area contributed by atoms with E-state index in [0.717, 1.165) is 13.0 Å². The molecule has 0 aromatic carbocycles. The van der Waals surface area contributed by atoms with Crippen LogP contribution in [0.2, 0.25) is 0 Å². The SMILES string of the molecule is CCOC(C)(C)C(C)(C)COC(C)(C)CC(C)N. The Hall–Kier alpha value is -0.120. The summed E-state index contributed by atoms with van der Waals surface area (Å²) in [6.45, 7) is 18.2. The third-order valence-electron chi connectivity index (χ3n) is 3.77. The summed E-state index contributed by atoms with van der Waals surface area (Å²) in [5.41, 5.74) is 5.41. The molecule has 0 saturated carbocycles. The lowest BCUT2D eigenvalue weighted by Crippen LogP contribution is -2.47. The summed E-state index contributed by atoms with van der Waals surface area (Å²) in [5.74, 6) is 0. The Morgan fingerprint density at radius 2 is 1.50 bits per heavy atom. The topological polar surface area (TPSA) is 44.5 Å². The van der Waals surface area contributed by atoms with Crippen molar-refractivity contribution in [2.75, 3.05) is 13.2 Å². The largest absolute Gasteiger partial charge is 0.375 e. The van der Waals surface area contributed by atoms with E-state index in [9.17, 15) is 0 Å². The molecule has 0 aromatic rings. The van der Waals surface area contributed by atoms with E-state index < -0.39 is 0 Å². The molecule has 18 heavy (non-hydrogen) atoms. The average molecular weight is 259 g/mol. The van der Waals surface area contributed by atoms with Crippen molar-refractivity contribution >= 4 is 0 Å². The first kappa shape index (κ1) is 17.9. The first-order valence-corrected chi connectivity index (χ1v) is 6.97. The summed E-state index contributed by atoms with van der Waals surface area (Å²) < 4.78 is 11.9. The average Bonchev–Trinajstić information content (AvgIpc) is 2.12. The first-order valence-electron chi connectivity index (χ1n) is 6.97. The first-order chi connectivity index (χ1) is 7.93. The van der Waals surface area contributed by atoms with Gasteiger partial charge in [-0.1, -0.05) is 13.8 Å². The van der Waals surface area contributed by atoms with Crippen LogP contribution in [0.5, 0.6) is 0 Å². The Morgan fingerprint density at radius 3 is 1.89 bits per heavy atom. The quantitative estimate of drug-likeness (QED) is 0.727. The molecule has 0 spiro atoms. The zero-order valence-electron chi connectivity index (χ0n) is 13.6. The Morgan fingerprint density at radius 1 is 1.00 bits per heavy atom. The van der Waals surface area contributed by atoms with E-state index in [1.165, 1.54) is 0 Å². The van der Waals surface area contributed by atoms with Gasteiger partial charge in [-0.2, -0.15) is 0 Å². The standard InChI is InChI=1S/C15H33NO2/c1-9-17-15(7,8)13(3,4)11-18-14(5,6)10-12(2)16/h12H,9-11,16H2,1-8H3. The van der Waals surface area contributed by atoms with Gasteiger partial charge in [0.1, 0.15) is 0 Å². The minimum atomic E-state index is -0.202. The number of ether oxygens (including phenoxy) is 2. The fourth-order valence-electron chi connectivity index (χ4n) is 1.94. The molecule has 0 aromatic heterocycles. The van der Waals surface area contributed by atoms with E-state index in [2.05, 4.69) is 41.5 Å². The molecule has 0 fully saturated rings. The highest BCUT2D eigenvalue weighted by Crippen LogP contribution is 2.35. The van der Waals surface area contributed by atoms with Crippen LogP contribution in [-0.4, -0.2) is 30.5 Å². The van der Waals surface area contributed by atoms with Crippen LogP contribution in [0.15, 0.2) is 0 Å². The lowest BCUT2D eigenvalue weighted by molar-refractivity contribution is -0.148. The molecule has 0 saturated heterocycles. The summed E-state index contributed by atoms with van der Waals surface area (Å²) in [5, 5.41) is 0. The molecule has 0 aliphatic rings. The predicted molar refractivity (Wildman–Crippen MR) is 77.8 cm³/mol. The second-order valence-electron chi connectivity index (χ2n) is 7.06. The number of nitrogens with two attached hydrogens (primary N) is 1. The van der Waals surface area contributed by atoms with E-state index >= 15 is 0 Å². The van der Waals surface area contributed by atoms with Crippen molar-refractivity contribution in [2.24, 2.45) is 11.1 Å². The lowest BCUT2D eigenvalue weighted by atomic mass is 9.77. The maximum Gasteiger partial charge on any atom is 0.0698 e. The normalized spacial score (nSPS) is 15.8. The molecular formula is C15H33NO2. The number of rotatable bonds is 8. The van der Waals surface area contributed by atoms with Crippen molar-refractivity contribution in [3.63, 3.8) is 0 Å². The molecule has 1 atom stereocenters. The zero-order valence-corrected chi connectivity index (χ0v) is 13.6. The monoisotopic (exact) mass is 259 g/mol. The van der Waals surface area contributed by atoms with Crippen LogP contribution in [-0.2, 0) is 9.47 Å². The molecule has 1 unspecified atom stereocenters. The molecule has 3 nitrogen and oxygen atoms in total. The van der Waals surface area contributed by atoms with Crippen LogP contribution in [0.25, 0.3) is 0 Å². The van der Waals surface area contributed by atoms with Crippen molar-refractivity contribution in [1.29, 1.82) is 0 Å². The summed E-state index contributed by atoms with van der Waals surface area (Å²) in [6, 6.07) is 0.156. The fourth-order valence-corrected chi connectivity index (χ4v) is 1.94. The molecule has 0 rings (SSSR count). The van der Waals surface area contributed by atoms with Crippen LogP contribution < -0.4 is 5.73 Å². The van der Waals surface area contributed by atoms with E-state index in [1.54, 1.807) is 0 Å². The van der Waals surface area contributed by atoms with E-state index in [-0.39, 0.29) is 22.7 Å². The minimum Gasteiger partial charge on any atom is -0.375 e.